The molecule has 0 bridgehead atoms. The van der Waals surface area contributed by atoms with Gasteiger partial charge in [0.1, 0.15) is 11.6 Å². The number of nitrogens with one attached hydrogen (secondary N) is 1. The number of amides is 1. The Kier molecular flexibility index (Phi) is 6.91. The van der Waals surface area contributed by atoms with Crippen LogP contribution in [0.2, 0.25) is 0 Å². The van der Waals surface area contributed by atoms with E-state index in [1.165, 1.54) is 36.0 Å². The van der Waals surface area contributed by atoms with E-state index in [1.54, 1.807) is 28.8 Å². The second kappa shape index (κ2) is 10.2. The number of hydrogen-bond donors (Lipinski definition) is 1. The van der Waals surface area contributed by atoms with Crippen molar-refractivity contribution < 1.29 is 13.6 Å². The maximum Gasteiger partial charge on any atom is 0.230 e. The maximum absolute atomic E-state index is 13.5. The zero-order valence-corrected chi connectivity index (χ0v) is 17.9. The predicted molar refractivity (Wildman–Crippen MR) is 121 cm³/mol. The molecule has 8 heteroatoms. The first-order valence-electron chi connectivity index (χ1n) is 10.0. The van der Waals surface area contributed by atoms with Crippen LogP contribution in [0.3, 0.4) is 0 Å². The fourth-order valence-corrected chi connectivity index (χ4v) is 3.93. The number of thioether (sulfide) groups is 1. The Hall–Kier alpha value is -3.52. The summed E-state index contributed by atoms with van der Waals surface area (Å²) in [5.41, 5.74) is 2.45. The van der Waals surface area contributed by atoms with Crippen LogP contribution >= 0.6 is 11.8 Å². The lowest BCUT2D eigenvalue weighted by Crippen LogP contribution is -2.27. The average molecular weight is 451 g/mol. The number of nitrogens with zero attached hydrogens (tertiary/aromatic N) is 3. The average Bonchev–Trinajstić information content (AvgIpc) is 3.23. The van der Waals surface area contributed by atoms with Gasteiger partial charge in [0.05, 0.1) is 5.75 Å². The molecule has 32 heavy (non-hydrogen) atoms. The molecule has 0 spiro atoms. The molecule has 4 rings (SSSR count). The topological polar surface area (TPSA) is 59.8 Å². The highest BCUT2D eigenvalue weighted by atomic mass is 32.2. The smallest absolute Gasteiger partial charge is 0.230 e. The van der Waals surface area contributed by atoms with Crippen molar-refractivity contribution in [2.24, 2.45) is 0 Å². The van der Waals surface area contributed by atoms with Crippen molar-refractivity contribution in [1.29, 1.82) is 0 Å². The molecule has 5 nitrogen and oxygen atoms in total. The third-order valence-electron chi connectivity index (χ3n) is 4.73. The first-order chi connectivity index (χ1) is 15.6. The summed E-state index contributed by atoms with van der Waals surface area (Å²) in [7, 11) is 0. The van der Waals surface area contributed by atoms with Gasteiger partial charge in [0.25, 0.3) is 0 Å². The molecule has 0 aliphatic rings. The second-order valence-corrected chi connectivity index (χ2v) is 7.94. The van der Waals surface area contributed by atoms with Crippen molar-refractivity contribution in [2.75, 3.05) is 12.3 Å². The molecule has 0 saturated heterocycles. The molecule has 0 radical (unpaired) electrons. The largest absolute Gasteiger partial charge is 0.355 e. The standard InChI is InChI=1S/C24H20F2N4OS/c25-19-8-6-18(7-9-19)23-28-29-24(30(23)21-12-10-20(26)11-13-21)32-16-22(31)27-15-14-17-4-2-1-3-5-17/h1-13H,14-16H2,(H,27,31). The lowest BCUT2D eigenvalue weighted by Gasteiger charge is -2.11. The number of carbonyl (C=O) groups is 1. The minimum atomic E-state index is -0.364. The molecular weight excluding hydrogens is 430 g/mol. The highest BCUT2D eigenvalue weighted by Crippen LogP contribution is 2.28. The lowest BCUT2D eigenvalue weighted by atomic mass is 10.1. The Bertz CT molecular complexity index is 1180. The summed E-state index contributed by atoms with van der Waals surface area (Å²) in [5, 5.41) is 11.8. The number of halogens is 2. The fraction of sp³-hybridized carbons (Fsp3) is 0.125. The fourth-order valence-electron chi connectivity index (χ4n) is 3.14. The summed E-state index contributed by atoms with van der Waals surface area (Å²) < 4.78 is 28.5. The summed E-state index contributed by atoms with van der Waals surface area (Å²) in [6.45, 7) is 0.537. The molecule has 162 valence electrons. The zero-order valence-electron chi connectivity index (χ0n) is 17.0. The molecule has 1 N–H and O–H groups in total. The third kappa shape index (κ3) is 5.39. The van der Waals surface area contributed by atoms with E-state index in [1.807, 2.05) is 30.3 Å². The minimum absolute atomic E-state index is 0.122. The van der Waals surface area contributed by atoms with Crippen molar-refractivity contribution in [3.05, 3.63) is 96.1 Å². The van der Waals surface area contributed by atoms with E-state index < -0.39 is 0 Å². The molecule has 1 amide bonds. The summed E-state index contributed by atoms with van der Waals surface area (Å²) in [4.78, 5) is 12.3. The van der Waals surface area contributed by atoms with Crippen LogP contribution in [0.4, 0.5) is 8.78 Å². The van der Waals surface area contributed by atoms with E-state index in [2.05, 4.69) is 15.5 Å². The Balaban J connectivity index is 1.48. The molecule has 0 aliphatic carbocycles. The van der Waals surface area contributed by atoms with Gasteiger partial charge in [-0.1, -0.05) is 42.1 Å². The molecule has 4 aromatic rings. The van der Waals surface area contributed by atoms with Crippen molar-refractivity contribution in [1.82, 2.24) is 20.1 Å². The van der Waals surface area contributed by atoms with Crippen LogP contribution in [0, 0.1) is 11.6 Å². The summed E-state index contributed by atoms with van der Waals surface area (Å²) in [6, 6.07) is 21.7. The van der Waals surface area contributed by atoms with Gasteiger partial charge < -0.3 is 5.32 Å². The van der Waals surface area contributed by atoms with E-state index in [0.29, 0.717) is 28.8 Å². The van der Waals surface area contributed by atoms with E-state index in [4.69, 9.17) is 0 Å². The van der Waals surface area contributed by atoms with E-state index in [9.17, 15) is 13.6 Å². The highest BCUT2D eigenvalue weighted by Gasteiger charge is 2.17. The molecule has 0 atom stereocenters. The normalized spacial score (nSPS) is 10.8. The lowest BCUT2D eigenvalue weighted by molar-refractivity contribution is -0.118. The Labute approximate surface area is 188 Å². The van der Waals surface area contributed by atoms with Gasteiger partial charge in [-0.05, 0) is 60.5 Å². The number of aromatic nitrogens is 3. The van der Waals surface area contributed by atoms with Gasteiger partial charge in [0.2, 0.25) is 5.91 Å². The van der Waals surface area contributed by atoms with E-state index in [-0.39, 0.29) is 23.3 Å². The summed E-state index contributed by atoms with van der Waals surface area (Å²) in [6.07, 6.45) is 0.748. The summed E-state index contributed by atoms with van der Waals surface area (Å²) in [5.74, 6) is -0.218. The second-order valence-electron chi connectivity index (χ2n) is 7.00. The predicted octanol–water partition coefficient (Wildman–Crippen LogP) is 4.66. The van der Waals surface area contributed by atoms with Crippen molar-refractivity contribution in [2.45, 2.75) is 11.6 Å². The van der Waals surface area contributed by atoms with Crippen LogP contribution in [0.25, 0.3) is 17.1 Å². The monoisotopic (exact) mass is 450 g/mol. The van der Waals surface area contributed by atoms with Crippen molar-refractivity contribution in [3.8, 4) is 17.1 Å². The molecule has 0 aliphatic heterocycles. The van der Waals surface area contributed by atoms with Crippen molar-refractivity contribution in [3.63, 3.8) is 0 Å². The highest BCUT2D eigenvalue weighted by molar-refractivity contribution is 7.99. The molecular formula is C24H20F2N4OS. The molecule has 0 unspecified atom stereocenters. The minimum Gasteiger partial charge on any atom is -0.355 e. The Morgan fingerprint density at radius 3 is 2.22 bits per heavy atom. The van der Waals surface area contributed by atoms with Crippen LogP contribution in [0.5, 0.6) is 0 Å². The molecule has 0 fully saturated rings. The van der Waals surface area contributed by atoms with Gasteiger partial charge in [-0.2, -0.15) is 0 Å². The van der Waals surface area contributed by atoms with Crippen LogP contribution in [0.1, 0.15) is 5.56 Å². The first-order valence-corrected chi connectivity index (χ1v) is 11.0. The van der Waals surface area contributed by atoms with E-state index in [0.717, 1.165) is 12.0 Å². The maximum atomic E-state index is 13.5. The number of carbonyl (C=O) groups excluding carboxylic acids is 1. The molecule has 3 aromatic carbocycles. The number of rotatable bonds is 8. The summed E-state index contributed by atoms with van der Waals surface area (Å²) >= 11 is 1.23. The van der Waals surface area contributed by atoms with Gasteiger partial charge in [-0.3, -0.25) is 9.36 Å². The van der Waals surface area contributed by atoms with Crippen molar-refractivity contribution >= 4 is 17.7 Å². The molecule has 0 saturated carbocycles. The Morgan fingerprint density at radius 2 is 1.53 bits per heavy atom. The SMILES string of the molecule is O=C(CSc1nnc(-c2ccc(F)cc2)n1-c1ccc(F)cc1)NCCc1ccccc1. The van der Waals surface area contributed by atoms with Crippen LogP contribution in [0.15, 0.2) is 84.0 Å². The van der Waals surface area contributed by atoms with Gasteiger partial charge in [0.15, 0.2) is 11.0 Å². The van der Waals surface area contributed by atoms with Gasteiger partial charge >= 0.3 is 0 Å². The third-order valence-corrected chi connectivity index (χ3v) is 5.66. The number of benzene rings is 3. The van der Waals surface area contributed by atoms with Crippen LogP contribution in [-0.2, 0) is 11.2 Å². The van der Waals surface area contributed by atoms with Gasteiger partial charge in [-0.25, -0.2) is 8.78 Å². The zero-order chi connectivity index (χ0) is 22.3. The quantitative estimate of drug-likeness (QED) is 0.397. The van der Waals surface area contributed by atoms with Crippen LogP contribution in [-0.4, -0.2) is 33.0 Å². The first kappa shape index (κ1) is 21.7. The van der Waals surface area contributed by atoms with Gasteiger partial charge in [-0.15, -0.1) is 10.2 Å². The van der Waals surface area contributed by atoms with Gasteiger partial charge in [0, 0.05) is 17.8 Å². The Morgan fingerprint density at radius 1 is 0.875 bits per heavy atom. The molecule has 1 aromatic heterocycles. The van der Waals surface area contributed by atoms with E-state index >= 15 is 0 Å². The number of hydrogen-bond acceptors (Lipinski definition) is 4. The molecule has 1 heterocycles. The van der Waals surface area contributed by atoms with Crippen LogP contribution < -0.4 is 5.32 Å².